The zero-order valence-electron chi connectivity index (χ0n) is 15.2. The van der Waals surface area contributed by atoms with Crippen LogP contribution in [-0.2, 0) is 26.0 Å². The number of hydrogen-bond donors (Lipinski definition) is 1. The monoisotopic (exact) mass is 374 g/mol. The van der Waals surface area contributed by atoms with Crippen molar-refractivity contribution < 1.29 is 18.3 Å². The van der Waals surface area contributed by atoms with Crippen LogP contribution in [0.3, 0.4) is 0 Å². The molecule has 0 unspecified atom stereocenters. The van der Waals surface area contributed by atoms with E-state index in [1.54, 1.807) is 42.5 Å². The molecule has 0 aromatic heterocycles. The lowest BCUT2D eigenvalue weighted by Gasteiger charge is -2.23. The van der Waals surface area contributed by atoms with Crippen molar-refractivity contribution in [1.29, 1.82) is 0 Å². The maximum Gasteiger partial charge on any atom is 0.216 e. The highest BCUT2D eigenvalue weighted by molar-refractivity contribution is 7.88. The second-order valence-corrected chi connectivity index (χ2v) is 9.12. The van der Waals surface area contributed by atoms with Crippen molar-refractivity contribution in [3.05, 3.63) is 71.3 Å². The number of carbonyl (C=O) groups excluding carboxylic acids is 1. The molecule has 26 heavy (non-hydrogen) atoms. The first-order chi connectivity index (χ1) is 12.1. The Kier molecular flexibility index (Phi) is 6.21. The van der Waals surface area contributed by atoms with E-state index < -0.39 is 28.5 Å². The van der Waals surface area contributed by atoms with E-state index in [1.165, 1.54) is 0 Å². The van der Waals surface area contributed by atoms with Gasteiger partial charge in [-0.15, -0.1) is 0 Å². The minimum absolute atomic E-state index is 0.0464. The van der Waals surface area contributed by atoms with Gasteiger partial charge in [-0.25, -0.2) is 13.1 Å². The van der Waals surface area contributed by atoms with Gasteiger partial charge in [0.2, 0.25) is 10.0 Å². The van der Waals surface area contributed by atoms with E-state index in [4.69, 9.17) is 0 Å². The molecule has 6 heteroatoms. The van der Waals surface area contributed by atoms with E-state index in [9.17, 15) is 18.3 Å². The highest BCUT2D eigenvalue weighted by atomic mass is 32.2. The Morgan fingerprint density at radius 1 is 1.04 bits per heavy atom. The van der Waals surface area contributed by atoms with E-state index in [1.807, 2.05) is 12.1 Å². The molecule has 0 aliphatic carbocycles. The number of aliphatic carboxylic acids is 1. The number of carboxylic acids is 1. The van der Waals surface area contributed by atoms with Gasteiger partial charge in [-0.2, -0.15) is 0 Å². The van der Waals surface area contributed by atoms with Crippen LogP contribution in [0.25, 0.3) is 0 Å². The Bertz CT molecular complexity index is 838. The van der Waals surface area contributed by atoms with Gasteiger partial charge in [-0.1, -0.05) is 75.4 Å². The number of rotatable bonds is 7. The second kappa shape index (κ2) is 8.01. The first-order valence-corrected chi connectivity index (χ1v) is 10.1. The standard InChI is InChI=1S/C20H25NO4S/c1-20(2,3)17-11-9-16(10-12-17)18(13-19(22)23)21-26(24,25)14-15-7-5-4-6-8-15/h4-12,18,21H,13-14H2,1-3H3,(H,22,23)/p-1/t18-/m1/s1. The summed E-state index contributed by atoms with van der Waals surface area (Å²) >= 11 is 0. The molecular weight excluding hydrogens is 350 g/mol. The minimum Gasteiger partial charge on any atom is -0.550 e. The third kappa shape index (κ3) is 5.97. The Balaban J connectivity index is 2.23. The van der Waals surface area contributed by atoms with Crippen molar-refractivity contribution >= 4 is 16.0 Å². The number of nitrogens with one attached hydrogen (secondary N) is 1. The normalized spacial score (nSPS) is 13.3. The molecule has 140 valence electrons. The Labute approximate surface area is 155 Å². The first kappa shape index (κ1) is 20.1. The number of hydrogen-bond acceptors (Lipinski definition) is 4. The average molecular weight is 374 g/mol. The van der Waals surface area contributed by atoms with Gasteiger partial charge in [0.1, 0.15) is 0 Å². The lowest BCUT2D eigenvalue weighted by Crippen LogP contribution is -2.34. The van der Waals surface area contributed by atoms with E-state index in [0.29, 0.717) is 11.1 Å². The summed E-state index contributed by atoms with van der Waals surface area (Å²) < 4.78 is 27.4. The molecule has 1 N–H and O–H groups in total. The molecule has 2 rings (SSSR count). The second-order valence-electron chi connectivity index (χ2n) is 7.36. The third-order valence-electron chi connectivity index (χ3n) is 4.07. The first-order valence-electron chi connectivity index (χ1n) is 8.41. The van der Waals surface area contributed by atoms with Crippen LogP contribution in [0.1, 0.15) is 49.9 Å². The van der Waals surface area contributed by atoms with Crippen molar-refractivity contribution in [3.8, 4) is 0 Å². The maximum absolute atomic E-state index is 12.5. The molecule has 0 fully saturated rings. The van der Waals surface area contributed by atoms with Crippen molar-refractivity contribution in [2.24, 2.45) is 0 Å². The predicted octanol–water partition coefficient (Wildman–Crippen LogP) is 2.28. The maximum atomic E-state index is 12.5. The van der Waals surface area contributed by atoms with E-state index in [-0.39, 0.29) is 11.2 Å². The summed E-state index contributed by atoms with van der Waals surface area (Å²) in [5, 5.41) is 11.1. The molecule has 0 saturated heterocycles. The third-order valence-corrected chi connectivity index (χ3v) is 5.43. The van der Waals surface area contributed by atoms with Gasteiger partial charge in [-0.05, 0) is 22.1 Å². The zero-order valence-corrected chi connectivity index (χ0v) is 16.0. The molecule has 0 aliphatic heterocycles. The number of benzene rings is 2. The summed E-state index contributed by atoms with van der Waals surface area (Å²) in [6.45, 7) is 6.22. The molecule has 1 atom stereocenters. The SMILES string of the molecule is CC(C)(C)c1ccc([C@@H](CC(=O)[O-])NS(=O)(=O)Cc2ccccc2)cc1. The summed E-state index contributed by atoms with van der Waals surface area (Å²) in [5.41, 5.74) is 2.27. The van der Waals surface area contributed by atoms with Gasteiger partial charge in [0.25, 0.3) is 0 Å². The quantitative estimate of drug-likeness (QED) is 0.806. The Morgan fingerprint density at radius 3 is 2.12 bits per heavy atom. The lowest BCUT2D eigenvalue weighted by atomic mass is 9.86. The fourth-order valence-electron chi connectivity index (χ4n) is 2.66. The minimum atomic E-state index is -3.71. The van der Waals surface area contributed by atoms with Crippen LogP contribution < -0.4 is 9.83 Å². The van der Waals surface area contributed by atoms with Crippen molar-refractivity contribution in [3.63, 3.8) is 0 Å². The highest BCUT2D eigenvalue weighted by Crippen LogP contribution is 2.25. The average Bonchev–Trinajstić information content (AvgIpc) is 2.53. The molecule has 0 aliphatic rings. The Hall–Kier alpha value is -2.18. The van der Waals surface area contributed by atoms with Crippen LogP contribution >= 0.6 is 0 Å². The fraction of sp³-hybridized carbons (Fsp3) is 0.350. The summed E-state index contributed by atoms with van der Waals surface area (Å²) in [4.78, 5) is 11.1. The van der Waals surface area contributed by atoms with Gasteiger partial charge in [-0.3, -0.25) is 0 Å². The number of sulfonamides is 1. The van der Waals surface area contributed by atoms with Crippen LogP contribution in [0.2, 0.25) is 0 Å². The van der Waals surface area contributed by atoms with Gasteiger partial charge in [0.05, 0.1) is 11.8 Å². The van der Waals surface area contributed by atoms with Crippen LogP contribution in [0.5, 0.6) is 0 Å². The Morgan fingerprint density at radius 2 is 1.62 bits per heavy atom. The zero-order chi connectivity index (χ0) is 19.4. The van der Waals surface area contributed by atoms with Crippen LogP contribution in [-0.4, -0.2) is 14.4 Å². The number of carbonyl (C=O) groups is 1. The van der Waals surface area contributed by atoms with E-state index in [0.717, 1.165) is 5.56 Å². The molecule has 0 amide bonds. The van der Waals surface area contributed by atoms with Gasteiger partial charge in [0, 0.05) is 12.4 Å². The van der Waals surface area contributed by atoms with Gasteiger partial charge in [0.15, 0.2) is 0 Å². The van der Waals surface area contributed by atoms with Crippen LogP contribution in [0.15, 0.2) is 54.6 Å². The largest absolute Gasteiger partial charge is 0.550 e. The van der Waals surface area contributed by atoms with Gasteiger partial charge < -0.3 is 9.90 Å². The molecule has 0 bridgehead atoms. The summed E-state index contributed by atoms with van der Waals surface area (Å²) in [7, 11) is -3.71. The molecule has 0 spiro atoms. The van der Waals surface area contributed by atoms with E-state index in [2.05, 4.69) is 25.5 Å². The molecule has 0 heterocycles. The lowest BCUT2D eigenvalue weighted by molar-refractivity contribution is -0.306. The smallest absolute Gasteiger partial charge is 0.216 e. The summed E-state index contributed by atoms with van der Waals surface area (Å²) in [6.07, 6.45) is -0.428. The summed E-state index contributed by atoms with van der Waals surface area (Å²) in [6, 6.07) is 15.2. The highest BCUT2D eigenvalue weighted by Gasteiger charge is 2.21. The summed E-state index contributed by atoms with van der Waals surface area (Å²) in [5.74, 6) is -1.52. The molecule has 5 nitrogen and oxygen atoms in total. The molecule has 0 saturated carbocycles. The molecule has 2 aromatic rings. The van der Waals surface area contributed by atoms with Crippen molar-refractivity contribution in [1.82, 2.24) is 4.72 Å². The van der Waals surface area contributed by atoms with Gasteiger partial charge >= 0.3 is 0 Å². The molecule has 2 aromatic carbocycles. The van der Waals surface area contributed by atoms with Crippen LogP contribution in [0, 0.1) is 0 Å². The van der Waals surface area contributed by atoms with Crippen molar-refractivity contribution in [2.45, 2.75) is 44.4 Å². The topological polar surface area (TPSA) is 86.3 Å². The molecule has 0 radical (unpaired) electrons. The predicted molar refractivity (Wildman–Crippen MR) is 99.7 cm³/mol. The van der Waals surface area contributed by atoms with Crippen LogP contribution in [0.4, 0.5) is 0 Å². The fourth-order valence-corrected chi connectivity index (χ4v) is 4.03. The number of carboxylic acid groups (broad SMARTS) is 1. The molecular formula is C20H24NO4S-. The van der Waals surface area contributed by atoms with Crippen molar-refractivity contribution in [2.75, 3.05) is 0 Å². The van der Waals surface area contributed by atoms with E-state index >= 15 is 0 Å².